The van der Waals surface area contributed by atoms with Crippen LogP contribution >= 0.6 is 0 Å². The lowest BCUT2D eigenvalue weighted by Crippen LogP contribution is -2.60. The van der Waals surface area contributed by atoms with Crippen molar-refractivity contribution >= 4 is 22.1 Å². The van der Waals surface area contributed by atoms with Crippen LogP contribution in [0.3, 0.4) is 0 Å². The Morgan fingerprint density at radius 3 is 1.98 bits per heavy atom. The molecule has 1 aliphatic rings. The SMILES string of the molecule is C=CCCC/C=C/C=C\C=C\C=C\CCC(=O)O[C@H](COC(=O)CCCCCCCC/C=C/CC/C=C/C)COC1O[C@H](CS(=O)(=O)O)[C@@H](O)[C@H](O)[C@H]1O. The molecule has 54 heavy (non-hydrogen) atoms. The van der Waals surface area contributed by atoms with Gasteiger partial charge in [-0.2, -0.15) is 8.42 Å². The summed E-state index contributed by atoms with van der Waals surface area (Å²) in [6.45, 7) is 4.91. The Morgan fingerprint density at radius 2 is 1.30 bits per heavy atom. The molecule has 0 aromatic rings. The molecule has 12 nitrogen and oxygen atoms in total. The highest BCUT2D eigenvalue weighted by Crippen LogP contribution is 2.23. The van der Waals surface area contributed by atoms with Gasteiger partial charge in [-0.05, 0) is 64.7 Å². The average Bonchev–Trinajstić information content (AvgIpc) is 3.13. The third kappa shape index (κ3) is 25.8. The third-order valence-electron chi connectivity index (χ3n) is 8.24. The molecular weight excluding hydrogens is 717 g/mol. The van der Waals surface area contributed by atoms with Crippen LogP contribution in [0.4, 0.5) is 0 Å². The molecule has 0 bridgehead atoms. The largest absolute Gasteiger partial charge is 0.462 e. The predicted octanol–water partition coefficient (Wildman–Crippen LogP) is 6.55. The van der Waals surface area contributed by atoms with Gasteiger partial charge < -0.3 is 34.3 Å². The van der Waals surface area contributed by atoms with Crippen molar-refractivity contribution in [2.45, 2.75) is 140 Å². The molecule has 1 heterocycles. The molecule has 0 saturated carbocycles. The van der Waals surface area contributed by atoms with Crippen LogP contribution in [0.1, 0.15) is 103 Å². The van der Waals surface area contributed by atoms with E-state index < -0.39 is 71.2 Å². The molecule has 0 aromatic heterocycles. The van der Waals surface area contributed by atoms with Gasteiger partial charge in [-0.25, -0.2) is 0 Å². The lowest BCUT2D eigenvalue weighted by molar-refractivity contribution is -0.297. The quantitative estimate of drug-likeness (QED) is 0.0203. The number of rotatable bonds is 30. The van der Waals surface area contributed by atoms with Crippen molar-refractivity contribution in [3.63, 3.8) is 0 Å². The minimum Gasteiger partial charge on any atom is -0.462 e. The topological polar surface area (TPSA) is 186 Å². The Labute approximate surface area is 322 Å². The van der Waals surface area contributed by atoms with Gasteiger partial charge in [-0.15, -0.1) is 6.58 Å². The van der Waals surface area contributed by atoms with E-state index >= 15 is 0 Å². The molecule has 4 N–H and O–H groups in total. The summed E-state index contributed by atoms with van der Waals surface area (Å²) in [4.78, 5) is 25.2. The number of ether oxygens (including phenoxy) is 4. The van der Waals surface area contributed by atoms with Crippen LogP contribution in [-0.4, -0.2) is 96.0 Å². The lowest BCUT2D eigenvalue weighted by Gasteiger charge is -2.40. The minimum atomic E-state index is -4.61. The van der Waals surface area contributed by atoms with Crippen LogP contribution in [0.15, 0.2) is 85.6 Å². The van der Waals surface area contributed by atoms with Gasteiger partial charge in [0.2, 0.25) is 0 Å². The van der Waals surface area contributed by atoms with E-state index in [2.05, 4.69) is 37.0 Å². The van der Waals surface area contributed by atoms with Crippen LogP contribution in [-0.2, 0) is 38.7 Å². The zero-order valence-corrected chi connectivity index (χ0v) is 32.7. The summed E-state index contributed by atoms with van der Waals surface area (Å²) in [5.41, 5.74) is 0. The van der Waals surface area contributed by atoms with Gasteiger partial charge in [0.05, 0.1) is 6.61 Å². The fraction of sp³-hybridized carbons (Fsp3) is 0.610. The summed E-state index contributed by atoms with van der Waals surface area (Å²) in [5, 5.41) is 30.7. The maximum Gasteiger partial charge on any atom is 0.306 e. The third-order valence-corrected chi connectivity index (χ3v) is 8.99. The molecule has 1 saturated heterocycles. The highest BCUT2D eigenvalue weighted by atomic mass is 32.2. The Bertz CT molecular complexity index is 1320. The van der Waals surface area contributed by atoms with Gasteiger partial charge in [0.25, 0.3) is 10.1 Å². The molecule has 1 fully saturated rings. The van der Waals surface area contributed by atoms with Gasteiger partial charge in [0.1, 0.15) is 36.8 Å². The molecule has 6 atom stereocenters. The summed E-state index contributed by atoms with van der Waals surface area (Å²) < 4.78 is 53.7. The zero-order valence-electron chi connectivity index (χ0n) is 31.9. The van der Waals surface area contributed by atoms with Gasteiger partial charge in [-0.3, -0.25) is 14.1 Å². The van der Waals surface area contributed by atoms with E-state index in [4.69, 9.17) is 18.9 Å². The van der Waals surface area contributed by atoms with Gasteiger partial charge in [0.15, 0.2) is 12.4 Å². The number of allylic oxidation sites excluding steroid dienone is 13. The predicted molar refractivity (Wildman–Crippen MR) is 210 cm³/mol. The van der Waals surface area contributed by atoms with Crippen molar-refractivity contribution in [3.05, 3.63) is 85.6 Å². The van der Waals surface area contributed by atoms with E-state index in [9.17, 15) is 37.9 Å². The second kappa shape index (κ2) is 31.1. The molecule has 1 rings (SSSR count). The monoisotopic (exact) mass is 780 g/mol. The zero-order chi connectivity index (χ0) is 39.9. The highest BCUT2D eigenvalue weighted by molar-refractivity contribution is 7.85. The van der Waals surface area contributed by atoms with Crippen molar-refractivity contribution < 1.29 is 56.8 Å². The normalized spacial score (nSPS) is 21.7. The molecule has 0 amide bonds. The maximum atomic E-state index is 12.7. The number of carbonyl (C=O) groups excluding carboxylic acids is 2. The first-order valence-corrected chi connectivity index (χ1v) is 20.7. The summed E-state index contributed by atoms with van der Waals surface area (Å²) in [7, 11) is -4.61. The van der Waals surface area contributed by atoms with Crippen LogP contribution < -0.4 is 0 Å². The van der Waals surface area contributed by atoms with Gasteiger partial charge >= 0.3 is 11.9 Å². The van der Waals surface area contributed by atoms with E-state index in [0.717, 1.165) is 70.6 Å². The fourth-order valence-corrected chi connectivity index (χ4v) is 5.93. The van der Waals surface area contributed by atoms with E-state index in [1.165, 1.54) is 0 Å². The second-order valence-electron chi connectivity index (χ2n) is 13.1. The maximum absolute atomic E-state index is 12.7. The summed E-state index contributed by atoms with van der Waals surface area (Å²) in [5.74, 6) is -2.15. The summed E-state index contributed by atoms with van der Waals surface area (Å²) in [6, 6.07) is 0. The molecule has 0 radical (unpaired) electrons. The number of carbonyl (C=O) groups is 2. The number of hydrogen-bond donors (Lipinski definition) is 4. The van der Waals surface area contributed by atoms with E-state index in [-0.39, 0.29) is 19.4 Å². The Balaban J connectivity index is 2.60. The molecular formula is C41H64O12S. The van der Waals surface area contributed by atoms with Crippen LogP contribution in [0, 0.1) is 0 Å². The number of aliphatic hydroxyl groups excluding tert-OH is 3. The molecule has 0 spiro atoms. The second-order valence-corrected chi connectivity index (χ2v) is 14.6. The van der Waals surface area contributed by atoms with Crippen molar-refractivity contribution in [3.8, 4) is 0 Å². The van der Waals surface area contributed by atoms with Gasteiger partial charge in [-0.1, -0.05) is 105 Å². The molecule has 306 valence electrons. The van der Waals surface area contributed by atoms with Crippen molar-refractivity contribution in [2.24, 2.45) is 0 Å². The first-order chi connectivity index (χ1) is 26.0. The summed E-state index contributed by atoms with van der Waals surface area (Å²) in [6.07, 6.45) is 28.5. The van der Waals surface area contributed by atoms with Crippen molar-refractivity contribution in [1.29, 1.82) is 0 Å². The smallest absolute Gasteiger partial charge is 0.306 e. The van der Waals surface area contributed by atoms with Crippen LogP contribution in [0.2, 0.25) is 0 Å². The van der Waals surface area contributed by atoms with E-state index in [0.29, 0.717) is 12.8 Å². The lowest BCUT2D eigenvalue weighted by atomic mass is 10.00. The van der Waals surface area contributed by atoms with Crippen molar-refractivity contribution in [2.75, 3.05) is 19.0 Å². The molecule has 13 heteroatoms. The highest BCUT2D eigenvalue weighted by Gasteiger charge is 2.46. The number of aliphatic hydroxyl groups is 3. The molecule has 0 aromatic carbocycles. The first kappa shape index (κ1) is 48.8. The fourth-order valence-electron chi connectivity index (χ4n) is 5.24. The minimum absolute atomic E-state index is 0.00874. The van der Waals surface area contributed by atoms with Crippen LogP contribution in [0.25, 0.3) is 0 Å². The Morgan fingerprint density at radius 1 is 0.685 bits per heavy atom. The first-order valence-electron chi connectivity index (χ1n) is 19.1. The van der Waals surface area contributed by atoms with Crippen LogP contribution in [0.5, 0.6) is 0 Å². The van der Waals surface area contributed by atoms with Gasteiger partial charge in [0, 0.05) is 12.8 Å². The Hall–Kier alpha value is -3.17. The average molecular weight is 781 g/mol. The van der Waals surface area contributed by atoms with E-state index in [1.54, 1.807) is 12.2 Å². The van der Waals surface area contributed by atoms with Crippen molar-refractivity contribution in [1.82, 2.24) is 0 Å². The molecule has 1 aliphatic heterocycles. The molecule has 1 unspecified atom stereocenters. The standard InChI is InChI=1S/C41H64O12S/c1-3-5-7-9-11-13-15-17-19-21-23-25-27-29-36(42)50-31-34(32-51-41-40(46)39(45)38(44)35(53-41)33-54(47,48)49)52-37(43)30-28-26-24-22-20-18-16-14-12-10-8-6-4-2/h3-5,11-14,16,18,20,22,24,26,34-35,38-41,44-46H,2,6-10,15,17,19,21,23,25,27-33H2,1H3,(H,47,48,49)/b5-3+,13-11+,14-12+,18-16-,22-20+,26-24+/t34-,35-,38-,39+,40-,41?/m1/s1. The summed E-state index contributed by atoms with van der Waals surface area (Å²) >= 11 is 0. The number of unbranched alkanes of at least 4 members (excludes halogenated alkanes) is 9. The van der Waals surface area contributed by atoms with E-state index in [1.807, 2.05) is 43.4 Å². The Kier molecular flexibility index (Phi) is 28.1. The molecule has 0 aliphatic carbocycles. The number of esters is 2. The number of hydrogen-bond acceptors (Lipinski definition) is 11.